The lowest BCUT2D eigenvalue weighted by Crippen LogP contribution is -2.12. The lowest BCUT2D eigenvalue weighted by molar-refractivity contribution is 0.979. The fraction of sp³-hybridized carbons (Fsp3) is 0.0513. The molecule has 0 unspecified atom stereocenters. The Morgan fingerprint density at radius 3 is 2.12 bits per heavy atom. The Bertz CT molecular complexity index is 2710. The highest BCUT2D eigenvalue weighted by atomic mass is 32.1. The number of para-hydroxylation sites is 1. The van der Waals surface area contributed by atoms with Crippen molar-refractivity contribution in [3.63, 3.8) is 0 Å². The first kappa shape index (κ1) is 23.8. The number of nitrogens with zero attached hydrogens (tertiary/aromatic N) is 1. The summed E-state index contributed by atoms with van der Waals surface area (Å²) >= 11 is 3.59. The molecule has 1 aliphatic carbocycles. The van der Waals surface area contributed by atoms with E-state index in [1.54, 1.807) is 11.3 Å². The van der Waals surface area contributed by atoms with E-state index in [1.165, 1.54) is 69.9 Å². The molecular weight excluding hydrogens is 563 g/mol. The molecule has 1 aliphatic rings. The van der Waals surface area contributed by atoms with Crippen LogP contribution in [0.1, 0.15) is 22.3 Å². The Kier molecular flexibility index (Phi) is 4.77. The molecular formula is C39H23NOS2. The van der Waals surface area contributed by atoms with Crippen LogP contribution < -0.4 is 5.43 Å². The van der Waals surface area contributed by atoms with Gasteiger partial charge in [-0.1, -0.05) is 66.7 Å². The van der Waals surface area contributed by atoms with Crippen LogP contribution >= 0.6 is 22.7 Å². The molecule has 9 aromatic rings. The molecule has 0 radical (unpaired) electrons. The number of benzene rings is 6. The van der Waals surface area contributed by atoms with Crippen LogP contribution in [0.5, 0.6) is 0 Å². The SMILES string of the molecule is O=c1c2ccccc2sc2cc3c(cc12)Cc1c(cccc1-n1c2ccccc2c2ccc4sc5ccccc5c4c21)C3. The second-order valence-corrected chi connectivity index (χ2v) is 13.8. The summed E-state index contributed by atoms with van der Waals surface area (Å²) in [5.41, 5.74) is 9.20. The average molecular weight is 586 g/mol. The predicted octanol–water partition coefficient (Wildman–Crippen LogP) is 10.4. The van der Waals surface area contributed by atoms with Crippen LogP contribution in [0.2, 0.25) is 0 Å². The number of fused-ring (bicyclic) bond motifs is 11. The maximum absolute atomic E-state index is 13.6. The van der Waals surface area contributed by atoms with Crippen molar-refractivity contribution in [1.29, 1.82) is 0 Å². The largest absolute Gasteiger partial charge is 0.308 e. The molecule has 4 heteroatoms. The Morgan fingerprint density at radius 1 is 0.512 bits per heavy atom. The zero-order valence-electron chi connectivity index (χ0n) is 23.1. The fourth-order valence-electron chi connectivity index (χ4n) is 7.38. The van der Waals surface area contributed by atoms with Gasteiger partial charge in [0.15, 0.2) is 5.43 Å². The Hall–Kier alpha value is -4.77. The normalized spacial score (nSPS) is 13.0. The van der Waals surface area contributed by atoms with Gasteiger partial charge in [-0.2, -0.15) is 0 Å². The summed E-state index contributed by atoms with van der Waals surface area (Å²) in [5, 5.41) is 6.86. The maximum Gasteiger partial charge on any atom is 0.195 e. The van der Waals surface area contributed by atoms with E-state index in [0.29, 0.717) is 0 Å². The molecule has 3 heterocycles. The molecule has 0 N–H and O–H groups in total. The van der Waals surface area contributed by atoms with Gasteiger partial charge >= 0.3 is 0 Å². The molecule has 43 heavy (non-hydrogen) atoms. The van der Waals surface area contributed by atoms with Crippen LogP contribution in [0, 0.1) is 0 Å². The van der Waals surface area contributed by atoms with Gasteiger partial charge < -0.3 is 4.57 Å². The molecule has 0 spiro atoms. The maximum atomic E-state index is 13.6. The molecule has 0 amide bonds. The number of rotatable bonds is 1. The molecule has 3 aromatic heterocycles. The zero-order valence-corrected chi connectivity index (χ0v) is 24.7. The summed E-state index contributed by atoms with van der Waals surface area (Å²) in [6.45, 7) is 0. The van der Waals surface area contributed by atoms with Crippen LogP contribution in [0.25, 0.3) is 67.8 Å². The van der Waals surface area contributed by atoms with Gasteiger partial charge in [-0.3, -0.25) is 4.79 Å². The smallest absolute Gasteiger partial charge is 0.195 e. The highest BCUT2D eigenvalue weighted by Crippen LogP contribution is 2.44. The van der Waals surface area contributed by atoms with E-state index in [-0.39, 0.29) is 5.43 Å². The second-order valence-electron chi connectivity index (χ2n) is 11.6. The van der Waals surface area contributed by atoms with E-state index < -0.39 is 0 Å². The van der Waals surface area contributed by atoms with Gasteiger partial charge in [0.25, 0.3) is 0 Å². The highest BCUT2D eigenvalue weighted by molar-refractivity contribution is 7.26. The summed E-state index contributed by atoms with van der Waals surface area (Å²) in [6, 6.07) is 41.5. The topological polar surface area (TPSA) is 22.0 Å². The Labute approximate surface area is 254 Å². The van der Waals surface area contributed by atoms with E-state index in [2.05, 4.69) is 102 Å². The highest BCUT2D eigenvalue weighted by Gasteiger charge is 2.24. The fourth-order valence-corrected chi connectivity index (χ4v) is 9.60. The molecule has 10 rings (SSSR count). The lowest BCUT2D eigenvalue weighted by Gasteiger charge is -2.24. The minimum absolute atomic E-state index is 0.139. The first-order valence-electron chi connectivity index (χ1n) is 14.6. The summed E-state index contributed by atoms with van der Waals surface area (Å²) < 4.78 is 7.29. The van der Waals surface area contributed by atoms with Crippen molar-refractivity contribution in [2.24, 2.45) is 0 Å². The summed E-state index contributed by atoms with van der Waals surface area (Å²) in [4.78, 5) is 13.6. The van der Waals surface area contributed by atoms with Gasteiger partial charge in [0.2, 0.25) is 0 Å². The molecule has 202 valence electrons. The average Bonchev–Trinajstić information content (AvgIpc) is 3.59. The van der Waals surface area contributed by atoms with E-state index in [1.807, 2.05) is 29.5 Å². The Balaban J connectivity index is 1.26. The summed E-state index contributed by atoms with van der Waals surface area (Å²) in [5.74, 6) is 0. The standard InChI is InChI=1S/C39H23NOS2/c41-39-28-11-3-6-15-34(28)43-36-21-23-18-22-8-7-13-32(29(22)19-24(23)20-30(36)39)40-31-12-4-1-9-25(31)26-16-17-35-37(38(26)40)27-10-2-5-14-33(27)42-35/h1-17,20-21H,18-19H2. The van der Waals surface area contributed by atoms with Crippen molar-refractivity contribution in [2.75, 3.05) is 0 Å². The number of thiophene rings is 1. The van der Waals surface area contributed by atoms with Crippen LogP contribution in [-0.2, 0) is 12.8 Å². The molecule has 0 aliphatic heterocycles. The Morgan fingerprint density at radius 2 is 1.23 bits per heavy atom. The van der Waals surface area contributed by atoms with Crippen LogP contribution in [0.3, 0.4) is 0 Å². The van der Waals surface area contributed by atoms with Crippen molar-refractivity contribution in [3.8, 4) is 5.69 Å². The third-order valence-electron chi connectivity index (χ3n) is 9.31. The van der Waals surface area contributed by atoms with Crippen molar-refractivity contribution in [2.45, 2.75) is 12.8 Å². The molecule has 0 bridgehead atoms. The number of hydrogen-bond donors (Lipinski definition) is 0. The number of aromatic nitrogens is 1. The third kappa shape index (κ3) is 3.25. The molecule has 0 atom stereocenters. The minimum atomic E-state index is 0.139. The van der Waals surface area contributed by atoms with Gasteiger partial charge in [0, 0.05) is 57.5 Å². The van der Waals surface area contributed by atoms with Crippen molar-refractivity contribution in [1.82, 2.24) is 4.57 Å². The summed E-state index contributed by atoms with van der Waals surface area (Å²) in [6.07, 6.45) is 1.68. The van der Waals surface area contributed by atoms with Crippen molar-refractivity contribution in [3.05, 3.63) is 148 Å². The second kappa shape index (κ2) is 8.63. The number of hydrogen-bond acceptors (Lipinski definition) is 3. The first-order valence-corrected chi connectivity index (χ1v) is 16.3. The monoisotopic (exact) mass is 585 g/mol. The van der Waals surface area contributed by atoms with E-state index in [4.69, 9.17) is 0 Å². The predicted molar refractivity (Wildman–Crippen MR) is 185 cm³/mol. The van der Waals surface area contributed by atoms with E-state index >= 15 is 0 Å². The van der Waals surface area contributed by atoms with Gasteiger partial charge in [-0.25, -0.2) is 0 Å². The molecule has 0 saturated carbocycles. The quantitative estimate of drug-likeness (QED) is 0.176. The van der Waals surface area contributed by atoms with Gasteiger partial charge in [-0.05, 0) is 77.2 Å². The van der Waals surface area contributed by atoms with Gasteiger partial charge in [-0.15, -0.1) is 22.7 Å². The molecule has 0 saturated heterocycles. The van der Waals surface area contributed by atoms with E-state index in [0.717, 1.165) is 33.0 Å². The van der Waals surface area contributed by atoms with Gasteiger partial charge in [0.1, 0.15) is 0 Å². The molecule has 6 aromatic carbocycles. The van der Waals surface area contributed by atoms with Crippen molar-refractivity contribution >= 4 is 84.8 Å². The molecule has 2 nitrogen and oxygen atoms in total. The van der Waals surface area contributed by atoms with E-state index in [9.17, 15) is 4.79 Å². The zero-order chi connectivity index (χ0) is 28.2. The van der Waals surface area contributed by atoms with Crippen LogP contribution in [0.4, 0.5) is 0 Å². The summed E-state index contributed by atoms with van der Waals surface area (Å²) in [7, 11) is 0. The first-order chi connectivity index (χ1) is 21.2. The lowest BCUT2D eigenvalue weighted by atomic mass is 9.84. The molecule has 0 fully saturated rings. The third-order valence-corrected chi connectivity index (χ3v) is 11.6. The minimum Gasteiger partial charge on any atom is -0.308 e. The van der Waals surface area contributed by atoms with Gasteiger partial charge in [0.05, 0.1) is 16.7 Å². The van der Waals surface area contributed by atoms with Crippen LogP contribution in [-0.4, -0.2) is 4.57 Å². The van der Waals surface area contributed by atoms with Crippen molar-refractivity contribution < 1.29 is 0 Å². The van der Waals surface area contributed by atoms with Crippen LogP contribution in [0.15, 0.2) is 120 Å².